The van der Waals surface area contributed by atoms with E-state index in [-0.39, 0.29) is 18.4 Å². The first-order valence-corrected chi connectivity index (χ1v) is 3.46. The molecule has 10 heavy (non-hydrogen) atoms. The topological polar surface area (TPSA) is 26.3 Å². The van der Waals surface area contributed by atoms with E-state index in [2.05, 4.69) is 0 Å². The van der Waals surface area contributed by atoms with Gasteiger partial charge in [0.2, 0.25) is 0 Å². The van der Waals surface area contributed by atoms with E-state index in [1.54, 1.807) is 0 Å². The lowest BCUT2D eigenvalue weighted by molar-refractivity contribution is -0.143. The maximum Gasteiger partial charge on any atom is 0.305 e. The van der Waals surface area contributed by atoms with Crippen molar-refractivity contribution < 1.29 is 9.53 Å². The molecule has 0 spiro atoms. The van der Waals surface area contributed by atoms with E-state index in [1.807, 2.05) is 13.8 Å². The highest BCUT2D eigenvalue weighted by Crippen LogP contribution is 1.91. The zero-order valence-corrected chi connectivity index (χ0v) is 7.37. The molecule has 0 radical (unpaired) electrons. The van der Waals surface area contributed by atoms with E-state index in [9.17, 15) is 4.79 Å². The van der Waals surface area contributed by atoms with Crippen LogP contribution >= 0.6 is 12.4 Å². The monoisotopic (exact) mass is 166 g/mol. The lowest BCUT2D eigenvalue weighted by Crippen LogP contribution is -2.03. The highest BCUT2D eigenvalue weighted by atomic mass is 35.5. The van der Waals surface area contributed by atoms with Crippen LogP contribution in [0.2, 0.25) is 0 Å². The fraction of sp³-hybridized carbons (Fsp3) is 0.857. The molecular weight excluding hydrogens is 152 g/mol. The molecular formula is C7H15ClO2. The summed E-state index contributed by atoms with van der Waals surface area (Å²) in [7, 11) is 0. The minimum atomic E-state index is -0.0700. The molecule has 0 heterocycles. The second-order valence-electron chi connectivity index (χ2n) is 1.97. The van der Waals surface area contributed by atoms with Crippen molar-refractivity contribution >= 4 is 18.4 Å². The molecule has 0 atom stereocenters. The van der Waals surface area contributed by atoms with Gasteiger partial charge in [-0.25, -0.2) is 0 Å². The Hall–Kier alpha value is -0.240. The van der Waals surface area contributed by atoms with Gasteiger partial charge in [-0.3, -0.25) is 4.79 Å². The molecule has 0 aliphatic heterocycles. The van der Waals surface area contributed by atoms with Gasteiger partial charge >= 0.3 is 5.97 Å². The summed E-state index contributed by atoms with van der Waals surface area (Å²) in [4.78, 5) is 10.6. The molecule has 0 saturated heterocycles. The van der Waals surface area contributed by atoms with Gasteiger partial charge in [0, 0.05) is 6.42 Å². The van der Waals surface area contributed by atoms with Gasteiger partial charge in [-0.2, -0.15) is 0 Å². The molecule has 0 fully saturated rings. The molecule has 0 unspecified atom stereocenters. The number of carbonyl (C=O) groups is 1. The normalized spacial score (nSPS) is 8.20. The van der Waals surface area contributed by atoms with Crippen LogP contribution in [0.25, 0.3) is 0 Å². The molecule has 0 aliphatic rings. The summed E-state index contributed by atoms with van der Waals surface area (Å²) in [5, 5.41) is 0. The van der Waals surface area contributed by atoms with Crippen molar-refractivity contribution in [3.8, 4) is 0 Å². The number of esters is 1. The Labute approximate surface area is 68.4 Å². The standard InChI is InChI=1S/C7H14O2.ClH/c1-3-5-7(8)9-6-4-2;/h3-6H2,1-2H3;1H. The second-order valence-corrected chi connectivity index (χ2v) is 1.97. The number of hydrogen-bond donors (Lipinski definition) is 0. The summed E-state index contributed by atoms with van der Waals surface area (Å²) in [5.41, 5.74) is 0. The first-order chi connectivity index (χ1) is 4.31. The fourth-order valence-electron chi connectivity index (χ4n) is 0.492. The zero-order chi connectivity index (χ0) is 7.11. The molecule has 3 heteroatoms. The van der Waals surface area contributed by atoms with Crippen molar-refractivity contribution in [2.45, 2.75) is 33.1 Å². The molecule has 62 valence electrons. The maximum absolute atomic E-state index is 10.6. The summed E-state index contributed by atoms with van der Waals surface area (Å²) in [6.45, 7) is 4.52. The van der Waals surface area contributed by atoms with Crippen molar-refractivity contribution in [2.24, 2.45) is 0 Å². The van der Waals surface area contributed by atoms with Gasteiger partial charge in [-0.1, -0.05) is 13.8 Å². The van der Waals surface area contributed by atoms with Gasteiger partial charge in [0.25, 0.3) is 0 Å². The molecule has 0 aromatic heterocycles. The van der Waals surface area contributed by atoms with Crippen molar-refractivity contribution in [2.75, 3.05) is 6.61 Å². The summed E-state index contributed by atoms with van der Waals surface area (Å²) >= 11 is 0. The van der Waals surface area contributed by atoms with Crippen LogP contribution in [0.5, 0.6) is 0 Å². The first kappa shape index (κ1) is 12.4. The predicted molar refractivity (Wildman–Crippen MR) is 43.4 cm³/mol. The predicted octanol–water partition coefficient (Wildman–Crippen LogP) is 2.16. The van der Waals surface area contributed by atoms with E-state index < -0.39 is 0 Å². The summed E-state index contributed by atoms with van der Waals surface area (Å²) in [6.07, 6.45) is 2.35. The summed E-state index contributed by atoms with van der Waals surface area (Å²) in [6, 6.07) is 0. The van der Waals surface area contributed by atoms with Crippen LogP contribution in [0.4, 0.5) is 0 Å². The third kappa shape index (κ3) is 7.76. The van der Waals surface area contributed by atoms with Gasteiger partial charge < -0.3 is 4.74 Å². The number of rotatable bonds is 4. The third-order valence-corrected chi connectivity index (χ3v) is 0.921. The summed E-state index contributed by atoms with van der Waals surface area (Å²) in [5.74, 6) is -0.0700. The Bertz CT molecular complexity index is 83.7. The largest absolute Gasteiger partial charge is 0.466 e. The van der Waals surface area contributed by atoms with Gasteiger partial charge in [0.1, 0.15) is 0 Å². The lowest BCUT2D eigenvalue weighted by Gasteiger charge is -1.99. The SMILES string of the molecule is CCCOC(=O)CCC.Cl. The van der Waals surface area contributed by atoms with Gasteiger partial charge in [-0.05, 0) is 12.8 Å². The molecule has 0 N–H and O–H groups in total. The van der Waals surface area contributed by atoms with Crippen LogP contribution < -0.4 is 0 Å². The number of hydrogen-bond acceptors (Lipinski definition) is 2. The molecule has 0 rings (SSSR count). The molecule has 0 aromatic rings. The van der Waals surface area contributed by atoms with Gasteiger partial charge in [-0.15, -0.1) is 12.4 Å². The van der Waals surface area contributed by atoms with Crippen LogP contribution in [-0.4, -0.2) is 12.6 Å². The number of halogens is 1. The molecule has 0 aromatic carbocycles. The Morgan fingerprint density at radius 2 is 1.90 bits per heavy atom. The second kappa shape index (κ2) is 8.76. The van der Waals surface area contributed by atoms with Crippen molar-refractivity contribution in [1.29, 1.82) is 0 Å². The zero-order valence-electron chi connectivity index (χ0n) is 6.55. The third-order valence-electron chi connectivity index (χ3n) is 0.921. The Morgan fingerprint density at radius 1 is 1.30 bits per heavy atom. The lowest BCUT2D eigenvalue weighted by atomic mass is 10.3. The molecule has 0 bridgehead atoms. The van der Waals surface area contributed by atoms with Crippen LogP contribution in [0.15, 0.2) is 0 Å². The number of ether oxygens (including phenoxy) is 1. The first-order valence-electron chi connectivity index (χ1n) is 3.46. The van der Waals surface area contributed by atoms with E-state index >= 15 is 0 Å². The van der Waals surface area contributed by atoms with Gasteiger partial charge in [0.15, 0.2) is 0 Å². The number of carbonyl (C=O) groups excluding carboxylic acids is 1. The average molecular weight is 167 g/mol. The minimum Gasteiger partial charge on any atom is -0.466 e. The highest BCUT2D eigenvalue weighted by Gasteiger charge is 1.96. The van der Waals surface area contributed by atoms with E-state index in [0.717, 1.165) is 12.8 Å². The van der Waals surface area contributed by atoms with Crippen molar-refractivity contribution in [3.63, 3.8) is 0 Å². The van der Waals surface area contributed by atoms with Gasteiger partial charge in [0.05, 0.1) is 6.61 Å². The molecule has 0 aliphatic carbocycles. The van der Waals surface area contributed by atoms with Crippen LogP contribution in [-0.2, 0) is 9.53 Å². The Kier molecular flexibility index (Phi) is 10.9. The smallest absolute Gasteiger partial charge is 0.305 e. The van der Waals surface area contributed by atoms with E-state index in [4.69, 9.17) is 4.74 Å². The Morgan fingerprint density at radius 3 is 2.30 bits per heavy atom. The molecule has 2 nitrogen and oxygen atoms in total. The molecule has 0 amide bonds. The van der Waals surface area contributed by atoms with Crippen molar-refractivity contribution in [1.82, 2.24) is 0 Å². The average Bonchev–Trinajstić information content (AvgIpc) is 1.85. The summed E-state index contributed by atoms with van der Waals surface area (Å²) < 4.78 is 4.79. The van der Waals surface area contributed by atoms with Crippen LogP contribution in [0.1, 0.15) is 33.1 Å². The fourth-order valence-corrected chi connectivity index (χ4v) is 0.492. The minimum absolute atomic E-state index is 0. The van der Waals surface area contributed by atoms with E-state index in [0.29, 0.717) is 13.0 Å². The quantitative estimate of drug-likeness (QED) is 0.599. The Balaban J connectivity index is 0. The maximum atomic E-state index is 10.6. The van der Waals surface area contributed by atoms with Crippen LogP contribution in [0, 0.1) is 0 Å². The van der Waals surface area contributed by atoms with Crippen LogP contribution in [0.3, 0.4) is 0 Å². The highest BCUT2D eigenvalue weighted by molar-refractivity contribution is 5.85. The van der Waals surface area contributed by atoms with E-state index in [1.165, 1.54) is 0 Å². The van der Waals surface area contributed by atoms with Crippen molar-refractivity contribution in [3.05, 3.63) is 0 Å². The molecule has 0 saturated carbocycles.